The third-order valence-corrected chi connectivity index (χ3v) is 2.40. The molecule has 80 valence electrons. The maximum Gasteiger partial charge on any atom is 0.129 e. The molecule has 0 N–H and O–H groups in total. The fourth-order valence-corrected chi connectivity index (χ4v) is 1.85. The predicted molar refractivity (Wildman–Crippen MR) is 58.3 cm³/mol. The molecule has 15 heavy (non-hydrogen) atoms. The van der Waals surface area contributed by atoms with Gasteiger partial charge in [-0.2, -0.15) is 5.26 Å². The van der Waals surface area contributed by atoms with Gasteiger partial charge in [0, 0.05) is 11.1 Å². The smallest absolute Gasteiger partial charge is 0.129 e. The van der Waals surface area contributed by atoms with E-state index < -0.39 is 0 Å². The number of aryl methyl sites for hydroxylation is 1. The number of hydrogen-bond donors (Lipinski definition) is 0. The molecule has 0 aliphatic heterocycles. The van der Waals surface area contributed by atoms with Crippen molar-refractivity contribution in [2.45, 2.75) is 20.3 Å². The minimum Gasteiger partial charge on any atom is -0.496 e. The van der Waals surface area contributed by atoms with Crippen LogP contribution in [0.2, 0.25) is 0 Å². The molecule has 0 saturated carbocycles. The highest BCUT2D eigenvalue weighted by atomic mass is 16.5. The molecule has 1 rings (SSSR count). The molecular weight excluding hydrogens is 190 g/mol. The van der Waals surface area contributed by atoms with Crippen LogP contribution in [0.25, 0.3) is 0 Å². The van der Waals surface area contributed by atoms with Gasteiger partial charge in [-0.3, -0.25) is 0 Å². The first kappa shape index (κ1) is 11.4. The average molecular weight is 205 g/mol. The maximum atomic E-state index is 8.71. The van der Waals surface area contributed by atoms with Crippen LogP contribution in [0, 0.1) is 25.2 Å². The molecule has 0 heterocycles. The van der Waals surface area contributed by atoms with E-state index >= 15 is 0 Å². The Morgan fingerprint density at radius 2 is 1.80 bits per heavy atom. The molecule has 0 aliphatic rings. The molecule has 0 aliphatic carbocycles. The minimum absolute atomic E-state index is 0.356. The second kappa shape index (κ2) is 4.70. The Morgan fingerprint density at radius 1 is 1.20 bits per heavy atom. The Labute approximate surface area is 90.2 Å². The molecule has 3 heteroatoms. The van der Waals surface area contributed by atoms with Crippen LogP contribution in [-0.4, -0.2) is 14.2 Å². The SMILES string of the molecule is COc1c(C)cc(CC#N)c(OC)c1C. The number of benzene rings is 1. The zero-order chi connectivity index (χ0) is 11.4. The van der Waals surface area contributed by atoms with Gasteiger partial charge in [-0.1, -0.05) is 0 Å². The molecule has 0 atom stereocenters. The predicted octanol–water partition coefficient (Wildman–Crippen LogP) is 2.39. The normalized spacial score (nSPS) is 9.53. The quantitative estimate of drug-likeness (QED) is 0.760. The van der Waals surface area contributed by atoms with Crippen molar-refractivity contribution in [1.29, 1.82) is 5.26 Å². The summed E-state index contributed by atoms with van der Waals surface area (Å²) in [5.41, 5.74) is 2.89. The highest BCUT2D eigenvalue weighted by Crippen LogP contribution is 2.34. The van der Waals surface area contributed by atoms with Crippen LogP contribution >= 0.6 is 0 Å². The van der Waals surface area contributed by atoms with Crippen molar-refractivity contribution in [1.82, 2.24) is 0 Å². The van der Waals surface area contributed by atoms with E-state index in [1.54, 1.807) is 14.2 Å². The number of rotatable bonds is 3. The zero-order valence-corrected chi connectivity index (χ0v) is 9.55. The van der Waals surface area contributed by atoms with Gasteiger partial charge in [0.15, 0.2) is 0 Å². The summed E-state index contributed by atoms with van der Waals surface area (Å²) in [7, 11) is 3.25. The summed E-state index contributed by atoms with van der Waals surface area (Å²) in [6, 6.07) is 4.07. The summed E-state index contributed by atoms with van der Waals surface area (Å²) < 4.78 is 10.6. The Kier molecular flexibility index (Phi) is 3.56. The summed E-state index contributed by atoms with van der Waals surface area (Å²) in [5, 5.41) is 8.71. The summed E-state index contributed by atoms with van der Waals surface area (Å²) in [6.07, 6.45) is 0.356. The van der Waals surface area contributed by atoms with Crippen LogP contribution in [0.1, 0.15) is 16.7 Å². The molecule has 0 unspecified atom stereocenters. The topological polar surface area (TPSA) is 42.2 Å². The van der Waals surface area contributed by atoms with Crippen LogP contribution in [-0.2, 0) is 6.42 Å². The van der Waals surface area contributed by atoms with Crippen LogP contribution in [0.3, 0.4) is 0 Å². The van der Waals surface area contributed by atoms with Gasteiger partial charge >= 0.3 is 0 Å². The van der Waals surface area contributed by atoms with Crippen molar-refractivity contribution in [2.24, 2.45) is 0 Å². The molecule has 0 bridgehead atoms. The molecule has 0 aromatic heterocycles. The van der Waals surface area contributed by atoms with E-state index in [9.17, 15) is 0 Å². The van der Waals surface area contributed by atoms with E-state index in [0.717, 1.165) is 28.2 Å². The lowest BCUT2D eigenvalue weighted by molar-refractivity contribution is 0.384. The standard InChI is InChI=1S/C12H15NO2/c1-8-7-10(5-6-13)12(15-4)9(2)11(8)14-3/h7H,5H2,1-4H3. The van der Waals surface area contributed by atoms with Crippen molar-refractivity contribution >= 4 is 0 Å². The van der Waals surface area contributed by atoms with Gasteiger partial charge in [0.05, 0.1) is 26.7 Å². The lowest BCUT2D eigenvalue weighted by Crippen LogP contribution is -1.99. The zero-order valence-electron chi connectivity index (χ0n) is 9.55. The van der Waals surface area contributed by atoms with Crippen molar-refractivity contribution < 1.29 is 9.47 Å². The van der Waals surface area contributed by atoms with Crippen LogP contribution in [0.4, 0.5) is 0 Å². The Morgan fingerprint density at radius 3 is 2.27 bits per heavy atom. The van der Waals surface area contributed by atoms with E-state index in [1.165, 1.54) is 0 Å². The van der Waals surface area contributed by atoms with E-state index in [2.05, 4.69) is 6.07 Å². The van der Waals surface area contributed by atoms with Gasteiger partial charge in [-0.15, -0.1) is 0 Å². The van der Waals surface area contributed by atoms with E-state index in [1.807, 2.05) is 19.9 Å². The first-order chi connectivity index (χ1) is 7.15. The molecule has 1 aromatic carbocycles. The van der Waals surface area contributed by atoms with Crippen molar-refractivity contribution in [3.63, 3.8) is 0 Å². The Bertz CT molecular complexity index is 405. The molecule has 0 spiro atoms. The van der Waals surface area contributed by atoms with Gasteiger partial charge in [-0.05, 0) is 25.5 Å². The van der Waals surface area contributed by atoms with E-state index in [0.29, 0.717) is 6.42 Å². The van der Waals surface area contributed by atoms with Crippen LogP contribution in [0.5, 0.6) is 11.5 Å². The largest absolute Gasteiger partial charge is 0.496 e. The van der Waals surface area contributed by atoms with Crippen molar-refractivity contribution in [2.75, 3.05) is 14.2 Å². The molecule has 3 nitrogen and oxygen atoms in total. The fraction of sp³-hybridized carbons (Fsp3) is 0.417. The summed E-state index contributed by atoms with van der Waals surface area (Å²) >= 11 is 0. The lowest BCUT2D eigenvalue weighted by Gasteiger charge is -2.15. The third kappa shape index (κ3) is 2.04. The van der Waals surface area contributed by atoms with Gasteiger partial charge < -0.3 is 9.47 Å². The molecule has 1 aromatic rings. The monoisotopic (exact) mass is 205 g/mol. The minimum atomic E-state index is 0.356. The summed E-state index contributed by atoms with van der Waals surface area (Å²) in [5.74, 6) is 1.58. The highest BCUT2D eigenvalue weighted by molar-refractivity contribution is 5.54. The third-order valence-electron chi connectivity index (χ3n) is 2.40. The second-order valence-corrected chi connectivity index (χ2v) is 3.38. The van der Waals surface area contributed by atoms with E-state index in [-0.39, 0.29) is 0 Å². The molecular formula is C12H15NO2. The maximum absolute atomic E-state index is 8.71. The molecule has 0 amide bonds. The first-order valence-corrected chi connectivity index (χ1v) is 4.73. The van der Waals surface area contributed by atoms with Crippen molar-refractivity contribution in [3.8, 4) is 17.6 Å². The molecule has 0 saturated heterocycles. The Hall–Kier alpha value is -1.69. The number of nitrogens with zero attached hydrogens (tertiary/aromatic N) is 1. The van der Waals surface area contributed by atoms with Crippen molar-refractivity contribution in [3.05, 3.63) is 22.8 Å². The van der Waals surface area contributed by atoms with Gasteiger partial charge in [0.25, 0.3) is 0 Å². The van der Waals surface area contributed by atoms with Crippen LogP contribution in [0.15, 0.2) is 6.07 Å². The summed E-state index contributed by atoms with van der Waals surface area (Å²) in [4.78, 5) is 0. The van der Waals surface area contributed by atoms with Gasteiger partial charge in [0.1, 0.15) is 11.5 Å². The molecule has 0 radical (unpaired) electrons. The number of methoxy groups -OCH3 is 2. The summed E-state index contributed by atoms with van der Waals surface area (Å²) in [6.45, 7) is 3.90. The molecule has 0 fully saturated rings. The van der Waals surface area contributed by atoms with Gasteiger partial charge in [-0.25, -0.2) is 0 Å². The van der Waals surface area contributed by atoms with Gasteiger partial charge in [0.2, 0.25) is 0 Å². The fourth-order valence-electron chi connectivity index (χ4n) is 1.85. The average Bonchev–Trinajstić information content (AvgIpc) is 2.19. The lowest BCUT2D eigenvalue weighted by atomic mass is 10.0. The number of hydrogen-bond acceptors (Lipinski definition) is 3. The first-order valence-electron chi connectivity index (χ1n) is 4.73. The van der Waals surface area contributed by atoms with E-state index in [4.69, 9.17) is 14.7 Å². The highest BCUT2D eigenvalue weighted by Gasteiger charge is 2.13. The Balaban J connectivity index is 3.38. The number of ether oxygens (including phenoxy) is 2. The number of nitriles is 1. The second-order valence-electron chi connectivity index (χ2n) is 3.38. The van der Waals surface area contributed by atoms with Crippen LogP contribution < -0.4 is 9.47 Å².